The van der Waals surface area contributed by atoms with E-state index < -0.39 is 0 Å². The van der Waals surface area contributed by atoms with E-state index in [0.717, 1.165) is 49.4 Å². The molecule has 4 aromatic heterocycles. The van der Waals surface area contributed by atoms with Gasteiger partial charge in [0.2, 0.25) is 0 Å². The standard InChI is InChI=1S/C20H11N3O/c1-2-6-15-12(4-1)17-16(24-15)8-7-13-18-14(5-3-9-21-18)20-22-10-11-23(20)19(13)17/h1-11H. The zero-order valence-corrected chi connectivity index (χ0v) is 12.6. The zero-order valence-electron chi connectivity index (χ0n) is 12.6. The van der Waals surface area contributed by atoms with Crippen molar-refractivity contribution >= 4 is 49.4 Å². The summed E-state index contributed by atoms with van der Waals surface area (Å²) in [7, 11) is 0. The van der Waals surface area contributed by atoms with E-state index in [4.69, 9.17) is 4.42 Å². The molecule has 0 fully saturated rings. The number of imidazole rings is 1. The average Bonchev–Trinajstić information content (AvgIpc) is 3.26. The summed E-state index contributed by atoms with van der Waals surface area (Å²) in [6, 6.07) is 16.3. The van der Waals surface area contributed by atoms with E-state index in [0.29, 0.717) is 0 Å². The van der Waals surface area contributed by atoms with Gasteiger partial charge in [-0.15, -0.1) is 0 Å². The van der Waals surface area contributed by atoms with Gasteiger partial charge in [0.05, 0.1) is 16.4 Å². The maximum Gasteiger partial charge on any atom is 0.146 e. The number of furan rings is 1. The van der Waals surface area contributed by atoms with Crippen LogP contribution < -0.4 is 0 Å². The van der Waals surface area contributed by atoms with Gasteiger partial charge in [-0.1, -0.05) is 18.2 Å². The van der Waals surface area contributed by atoms with Crippen LogP contribution >= 0.6 is 0 Å². The maximum absolute atomic E-state index is 6.04. The third kappa shape index (κ3) is 1.34. The lowest BCUT2D eigenvalue weighted by Crippen LogP contribution is -1.92. The van der Waals surface area contributed by atoms with E-state index in [9.17, 15) is 0 Å². The summed E-state index contributed by atoms with van der Waals surface area (Å²) in [5, 5.41) is 4.39. The second kappa shape index (κ2) is 4.11. The fourth-order valence-corrected chi connectivity index (χ4v) is 3.72. The van der Waals surface area contributed by atoms with Gasteiger partial charge in [-0.05, 0) is 30.3 Å². The summed E-state index contributed by atoms with van der Waals surface area (Å²) >= 11 is 0. The molecule has 0 amide bonds. The Morgan fingerprint density at radius 1 is 0.750 bits per heavy atom. The van der Waals surface area contributed by atoms with Crippen LogP contribution in [0.3, 0.4) is 0 Å². The van der Waals surface area contributed by atoms with Crippen molar-refractivity contribution in [1.82, 2.24) is 14.4 Å². The molecule has 0 bridgehead atoms. The van der Waals surface area contributed by atoms with Crippen molar-refractivity contribution in [1.29, 1.82) is 0 Å². The molecule has 0 unspecified atom stereocenters. The topological polar surface area (TPSA) is 43.3 Å². The first-order chi connectivity index (χ1) is 11.9. The Labute approximate surface area is 136 Å². The maximum atomic E-state index is 6.04. The quantitative estimate of drug-likeness (QED) is 0.373. The summed E-state index contributed by atoms with van der Waals surface area (Å²) in [5.74, 6) is 0. The molecule has 0 atom stereocenters. The van der Waals surface area contributed by atoms with Crippen LogP contribution in [-0.4, -0.2) is 14.4 Å². The van der Waals surface area contributed by atoms with Crippen LogP contribution in [0.1, 0.15) is 0 Å². The minimum Gasteiger partial charge on any atom is -0.456 e. The number of fused-ring (bicyclic) bond motifs is 10. The van der Waals surface area contributed by atoms with Crippen molar-refractivity contribution in [3.8, 4) is 0 Å². The highest BCUT2D eigenvalue weighted by Crippen LogP contribution is 2.37. The van der Waals surface area contributed by atoms with E-state index in [1.807, 2.05) is 48.9 Å². The second-order valence-electron chi connectivity index (χ2n) is 5.95. The van der Waals surface area contributed by atoms with E-state index >= 15 is 0 Å². The highest BCUT2D eigenvalue weighted by molar-refractivity contribution is 6.23. The third-order valence-corrected chi connectivity index (χ3v) is 4.70. The lowest BCUT2D eigenvalue weighted by molar-refractivity contribution is 0.669. The van der Waals surface area contributed by atoms with Crippen LogP contribution in [0, 0.1) is 0 Å². The minimum atomic E-state index is 0.883. The minimum absolute atomic E-state index is 0.883. The molecular weight excluding hydrogens is 298 g/mol. The molecule has 24 heavy (non-hydrogen) atoms. The predicted octanol–water partition coefficient (Wildman–Crippen LogP) is 4.94. The van der Waals surface area contributed by atoms with Crippen LogP contribution in [0.15, 0.2) is 71.5 Å². The number of para-hydroxylation sites is 1. The molecule has 0 spiro atoms. The summed E-state index contributed by atoms with van der Waals surface area (Å²) < 4.78 is 8.19. The van der Waals surface area contributed by atoms with E-state index in [-0.39, 0.29) is 0 Å². The molecule has 112 valence electrons. The summed E-state index contributed by atoms with van der Waals surface area (Å²) in [4.78, 5) is 9.19. The van der Waals surface area contributed by atoms with Crippen molar-refractivity contribution in [2.75, 3.05) is 0 Å². The summed E-state index contributed by atoms with van der Waals surface area (Å²) in [5.41, 5.74) is 4.77. The zero-order chi connectivity index (χ0) is 15.7. The number of rotatable bonds is 0. The van der Waals surface area contributed by atoms with Crippen molar-refractivity contribution in [3.63, 3.8) is 0 Å². The Morgan fingerprint density at radius 2 is 1.67 bits per heavy atom. The molecule has 2 aromatic carbocycles. The Morgan fingerprint density at radius 3 is 2.67 bits per heavy atom. The van der Waals surface area contributed by atoms with Gasteiger partial charge in [0.25, 0.3) is 0 Å². The fourth-order valence-electron chi connectivity index (χ4n) is 3.72. The van der Waals surface area contributed by atoms with Gasteiger partial charge in [0.1, 0.15) is 16.8 Å². The van der Waals surface area contributed by atoms with Crippen LogP contribution in [0.5, 0.6) is 0 Å². The van der Waals surface area contributed by atoms with Gasteiger partial charge >= 0.3 is 0 Å². The SMILES string of the molecule is c1ccc2c(c1)oc1ccc3c4ncccc4c4nccn4c3c12. The normalized spacial score (nSPS) is 12.2. The third-order valence-electron chi connectivity index (χ3n) is 4.70. The van der Waals surface area contributed by atoms with E-state index in [1.54, 1.807) is 0 Å². The number of nitrogens with zero attached hydrogens (tertiary/aromatic N) is 3. The first kappa shape index (κ1) is 12.1. The Kier molecular flexibility index (Phi) is 2.07. The molecule has 4 heteroatoms. The second-order valence-corrected chi connectivity index (χ2v) is 5.95. The highest BCUT2D eigenvalue weighted by atomic mass is 16.3. The first-order valence-corrected chi connectivity index (χ1v) is 7.85. The van der Waals surface area contributed by atoms with Crippen molar-refractivity contribution < 1.29 is 4.42 Å². The molecule has 4 heterocycles. The molecule has 6 aromatic rings. The molecule has 6 rings (SSSR count). The number of hydrogen-bond donors (Lipinski definition) is 0. The highest BCUT2D eigenvalue weighted by Gasteiger charge is 2.16. The number of aromatic nitrogens is 3. The molecule has 0 N–H and O–H groups in total. The Bertz CT molecular complexity index is 1410. The van der Waals surface area contributed by atoms with Gasteiger partial charge in [-0.25, -0.2) is 4.98 Å². The van der Waals surface area contributed by atoms with Gasteiger partial charge in [0, 0.05) is 34.7 Å². The van der Waals surface area contributed by atoms with Crippen LogP contribution in [0.25, 0.3) is 49.4 Å². The molecule has 0 aliphatic heterocycles. The molecule has 0 radical (unpaired) electrons. The molecule has 0 aliphatic rings. The van der Waals surface area contributed by atoms with Gasteiger partial charge < -0.3 is 4.42 Å². The summed E-state index contributed by atoms with van der Waals surface area (Å²) in [6.45, 7) is 0. The smallest absolute Gasteiger partial charge is 0.146 e. The van der Waals surface area contributed by atoms with E-state index in [1.165, 1.54) is 0 Å². The first-order valence-electron chi connectivity index (χ1n) is 7.85. The number of benzene rings is 2. The van der Waals surface area contributed by atoms with Crippen LogP contribution in [-0.2, 0) is 0 Å². The average molecular weight is 309 g/mol. The monoisotopic (exact) mass is 309 g/mol. The largest absolute Gasteiger partial charge is 0.456 e. The Balaban J connectivity index is 2.06. The van der Waals surface area contributed by atoms with Crippen molar-refractivity contribution in [2.45, 2.75) is 0 Å². The molecular formula is C20H11N3O. The Hall–Kier alpha value is -3.40. The van der Waals surface area contributed by atoms with Gasteiger partial charge in [-0.3, -0.25) is 9.38 Å². The molecule has 4 nitrogen and oxygen atoms in total. The van der Waals surface area contributed by atoms with Gasteiger partial charge in [-0.2, -0.15) is 0 Å². The number of hydrogen-bond acceptors (Lipinski definition) is 3. The summed E-state index contributed by atoms with van der Waals surface area (Å²) in [6.07, 6.45) is 5.67. The fraction of sp³-hybridized carbons (Fsp3) is 0. The lowest BCUT2D eigenvalue weighted by atomic mass is 10.1. The predicted molar refractivity (Wildman–Crippen MR) is 95.3 cm³/mol. The van der Waals surface area contributed by atoms with Crippen LogP contribution in [0.4, 0.5) is 0 Å². The van der Waals surface area contributed by atoms with Crippen LogP contribution in [0.2, 0.25) is 0 Å². The van der Waals surface area contributed by atoms with Crippen molar-refractivity contribution in [2.24, 2.45) is 0 Å². The number of pyridine rings is 2. The molecule has 0 saturated carbocycles. The molecule has 0 saturated heterocycles. The van der Waals surface area contributed by atoms with Gasteiger partial charge in [0.15, 0.2) is 0 Å². The lowest BCUT2D eigenvalue weighted by Gasteiger charge is -2.08. The molecule has 0 aliphatic carbocycles. The van der Waals surface area contributed by atoms with Crippen molar-refractivity contribution in [3.05, 3.63) is 67.1 Å². The van der Waals surface area contributed by atoms with E-state index in [2.05, 4.69) is 32.6 Å².